The first-order chi connectivity index (χ1) is 6.27. The van der Waals surface area contributed by atoms with Crippen LogP contribution in [0, 0.1) is 0 Å². The summed E-state index contributed by atoms with van der Waals surface area (Å²) in [4.78, 5) is 11.5. The SMILES string of the molecule is O=C1CCCNc2cc(Cl)ccc21. The summed E-state index contributed by atoms with van der Waals surface area (Å²) in [5, 5.41) is 3.86. The molecular formula is C10H10ClNO. The molecule has 0 radical (unpaired) electrons. The van der Waals surface area contributed by atoms with Gasteiger partial charge in [-0.1, -0.05) is 11.6 Å². The number of rotatable bonds is 0. The van der Waals surface area contributed by atoms with E-state index in [1.807, 2.05) is 0 Å². The van der Waals surface area contributed by atoms with Crippen molar-refractivity contribution < 1.29 is 4.79 Å². The molecule has 0 bridgehead atoms. The number of benzene rings is 1. The quantitative estimate of drug-likeness (QED) is 0.690. The second-order valence-electron chi connectivity index (χ2n) is 3.14. The summed E-state index contributed by atoms with van der Waals surface area (Å²) in [5.74, 6) is 0.205. The Bertz CT molecular complexity index is 349. The first-order valence-electron chi connectivity index (χ1n) is 4.34. The number of carbonyl (C=O) groups is 1. The number of carbonyl (C=O) groups excluding carboxylic acids is 1. The van der Waals surface area contributed by atoms with E-state index in [0.29, 0.717) is 11.4 Å². The third kappa shape index (κ3) is 1.68. The molecule has 0 fully saturated rings. The van der Waals surface area contributed by atoms with Crippen LogP contribution in [-0.4, -0.2) is 12.3 Å². The number of Topliss-reactive ketones (excluding diaryl/α,β-unsaturated/α-hetero) is 1. The maximum atomic E-state index is 11.5. The number of hydrogen-bond acceptors (Lipinski definition) is 2. The van der Waals surface area contributed by atoms with E-state index in [1.54, 1.807) is 18.2 Å². The Morgan fingerprint density at radius 1 is 1.38 bits per heavy atom. The Morgan fingerprint density at radius 3 is 3.08 bits per heavy atom. The third-order valence-corrected chi connectivity index (χ3v) is 2.41. The van der Waals surface area contributed by atoms with Crippen molar-refractivity contribution in [2.45, 2.75) is 12.8 Å². The van der Waals surface area contributed by atoms with Gasteiger partial charge in [-0.2, -0.15) is 0 Å². The van der Waals surface area contributed by atoms with Crippen LogP contribution in [0.2, 0.25) is 5.02 Å². The Kier molecular flexibility index (Phi) is 2.23. The average molecular weight is 196 g/mol. The van der Waals surface area contributed by atoms with Gasteiger partial charge >= 0.3 is 0 Å². The van der Waals surface area contributed by atoms with E-state index < -0.39 is 0 Å². The second kappa shape index (κ2) is 3.38. The van der Waals surface area contributed by atoms with Crippen LogP contribution in [0.3, 0.4) is 0 Å². The van der Waals surface area contributed by atoms with Crippen molar-refractivity contribution in [1.29, 1.82) is 0 Å². The maximum Gasteiger partial charge on any atom is 0.165 e. The smallest absolute Gasteiger partial charge is 0.165 e. The van der Waals surface area contributed by atoms with E-state index in [0.717, 1.165) is 24.2 Å². The van der Waals surface area contributed by atoms with Gasteiger partial charge < -0.3 is 5.32 Å². The fourth-order valence-electron chi connectivity index (χ4n) is 1.51. The third-order valence-electron chi connectivity index (χ3n) is 2.18. The summed E-state index contributed by atoms with van der Waals surface area (Å²) >= 11 is 5.83. The average Bonchev–Trinajstić information content (AvgIpc) is 2.28. The highest BCUT2D eigenvalue weighted by Crippen LogP contribution is 2.24. The lowest BCUT2D eigenvalue weighted by molar-refractivity contribution is 0.0984. The Balaban J connectivity index is 2.48. The van der Waals surface area contributed by atoms with Crippen LogP contribution < -0.4 is 5.32 Å². The van der Waals surface area contributed by atoms with E-state index in [-0.39, 0.29) is 5.78 Å². The van der Waals surface area contributed by atoms with Gasteiger partial charge in [-0.25, -0.2) is 0 Å². The van der Waals surface area contributed by atoms with Crippen molar-refractivity contribution in [2.24, 2.45) is 0 Å². The molecule has 1 aromatic rings. The van der Waals surface area contributed by atoms with Gasteiger partial charge in [-0.3, -0.25) is 4.79 Å². The predicted octanol–water partition coefficient (Wildman–Crippen LogP) is 2.73. The minimum atomic E-state index is 0.205. The molecular weight excluding hydrogens is 186 g/mol. The topological polar surface area (TPSA) is 29.1 Å². The minimum Gasteiger partial charge on any atom is -0.384 e. The molecule has 0 amide bonds. The molecule has 0 aliphatic carbocycles. The van der Waals surface area contributed by atoms with E-state index in [2.05, 4.69) is 5.32 Å². The van der Waals surface area contributed by atoms with Gasteiger partial charge in [0.05, 0.1) is 0 Å². The molecule has 0 saturated carbocycles. The van der Waals surface area contributed by atoms with Crippen LogP contribution in [0.5, 0.6) is 0 Å². The molecule has 2 nitrogen and oxygen atoms in total. The molecule has 0 atom stereocenters. The van der Waals surface area contributed by atoms with E-state index >= 15 is 0 Å². The van der Waals surface area contributed by atoms with Gasteiger partial charge in [0, 0.05) is 29.2 Å². The number of fused-ring (bicyclic) bond motifs is 1. The van der Waals surface area contributed by atoms with Gasteiger partial charge in [0.1, 0.15) is 0 Å². The Morgan fingerprint density at radius 2 is 2.23 bits per heavy atom. The van der Waals surface area contributed by atoms with Crippen molar-refractivity contribution in [3.63, 3.8) is 0 Å². The number of ketones is 1. The lowest BCUT2D eigenvalue weighted by atomic mass is 10.1. The van der Waals surface area contributed by atoms with Crippen molar-refractivity contribution in [2.75, 3.05) is 11.9 Å². The van der Waals surface area contributed by atoms with Crippen LogP contribution in [0.1, 0.15) is 23.2 Å². The number of hydrogen-bond donors (Lipinski definition) is 1. The fourth-order valence-corrected chi connectivity index (χ4v) is 1.68. The van der Waals surface area contributed by atoms with Gasteiger partial charge in [-0.15, -0.1) is 0 Å². The predicted molar refractivity (Wildman–Crippen MR) is 53.5 cm³/mol. The molecule has 1 aromatic carbocycles. The molecule has 3 heteroatoms. The summed E-state index contributed by atoms with van der Waals surface area (Å²) in [7, 11) is 0. The summed E-state index contributed by atoms with van der Waals surface area (Å²) in [6, 6.07) is 5.35. The zero-order chi connectivity index (χ0) is 9.26. The van der Waals surface area contributed by atoms with Crippen LogP contribution in [-0.2, 0) is 0 Å². The van der Waals surface area contributed by atoms with Gasteiger partial charge in [0.15, 0.2) is 5.78 Å². The van der Waals surface area contributed by atoms with Gasteiger partial charge in [-0.05, 0) is 24.6 Å². The monoisotopic (exact) mass is 195 g/mol. The molecule has 0 unspecified atom stereocenters. The highest BCUT2D eigenvalue weighted by molar-refractivity contribution is 6.31. The van der Waals surface area contributed by atoms with Crippen molar-refractivity contribution >= 4 is 23.1 Å². The molecule has 1 aliphatic rings. The van der Waals surface area contributed by atoms with Crippen LogP contribution in [0.15, 0.2) is 18.2 Å². The molecule has 1 heterocycles. The number of halogens is 1. The van der Waals surface area contributed by atoms with Crippen molar-refractivity contribution in [3.05, 3.63) is 28.8 Å². The molecule has 2 rings (SSSR count). The van der Waals surface area contributed by atoms with Crippen LogP contribution >= 0.6 is 11.6 Å². The van der Waals surface area contributed by atoms with Crippen molar-refractivity contribution in [1.82, 2.24) is 0 Å². The Labute approximate surface area is 81.9 Å². The highest BCUT2D eigenvalue weighted by atomic mass is 35.5. The first-order valence-corrected chi connectivity index (χ1v) is 4.72. The van der Waals surface area contributed by atoms with E-state index in [9.17, 15) is 4.79 Å². The minimum absolute atomic E-state index is 0.205. The lowest BCUT2D eigenvalue weighted by Gasteiger charge is -2.05. The summed E-state index contributed by atoms with van der Waals surface area (Å²) in [5.41, 5.74) is 1.64. The molecule has 13 heavy (non-hydrogen) atoms. The Hall–Kier alpha value is -1.02. The second-order valence-corrected chi connectivity index (χ2v) is 3.58. The summed E-state index contributed by atoms with van der Waals surface area (Å²) in [6.45, 7) is 0.846. The van der Waals surface area contributed by atoms with Crippen LogP contribution in [0.4, 0.5) is 5.69 Å². The molecule has 0 aromatic heterocycles. The standard InChI is InChI=1S/C10H10ClNO/c11-7-3-4-8-9(6-7)12-5-1-2-10(8)13/h3-4,6,12H,1-2,5H2. The lowest BCUT2D eigenvalue weighted by Crippen LogP contribution is -1.99. The molecule has 0 saturated heterocycles. The number of anilines is 1. The molecule has 1 N–H and O–H groups in total. The highest BCUT2D eigenvalue weighted by Gasteiger charge is 2.14. The normalized spacial score (nSPS) is 15.9. The summed E-state index contributed by atoms with van der Waals surface area (Å²) < 4.78 is 0. The van der Waals surface area contributed by atoms with Crippen LogP contribution in [0.25, 0.3) is 0 Å². The molecule has 1 aliphatic heterocycles. The maximum absolute atomic E-state index is 11.5. The molecule has 68 valence electrons. The molecule has 0 spiro atoms. The zero-order valence-corrected chi connectivity index (χ0v) is 7.90. The zero-order valence-electron chi connectivity index (χ0n) is 7.14. The largest absolute Gasteiger partial charge is 0.384 e. The van der Waals surface area contributed by atoms with Gasteiger partial charge in [0.25, 0.3) is 0 Å². The first kappa shape index (κ1) is 8.57. The van der Waals surface area contributed by atoms with E-state index in [4.69, 9.17) is 11.6 Å². The summed E-state index contributed by atoms with van der Waals surface area (Å²) in [6.07, 6.45) is 1.52. The van der Waals surface area contributed by atoms with Gasteiger partial charge in [0.2, 0.25) is 0 Å². The van der Waals surface area contributed by atoms with Crippen molar-refractivity contribution in [3.8, 4) is 0 Å². The van der Waals surface area contributed by atoms with E-state index in [1.165, 1.54) is 0 Å². The number of nitrogens with one attached hydrogen (secondary N) is 1. The fraction of sp³-hybridized carbons (Fsp3) is 0.300.